The van der Waals surface area contributed by atoms with E-state index in [0.29, 0.717) is 25.3 Å². The van der Waals surface area contributed by atoms with Crippen LogP contribution in [0.15, 0.2) is 12.5 Å². The summed E-state index contributed by atoms with van der Waals surface area (Å²) in [5.74, 6) is -10.3. The number of carbonyl (C=O) groups is 12. The minimum Gasteiger partial charge on any atom is -0.394 e. The third-order valence-corrected chi connectivity index (χ3v) is 11.8. The number of likely N-dealkylation sites (N-methyl/N-ethyl adjacent to an activating group) is 1. The van der Waals surface area contributed by atoms with Crippen molar-refractivity contribution in [2.24, 2.45) is 11.5 Å². The number of ether oxygens (including phenoxy) is 4. The van der Waals surface area contributed by atoms with Crippen LogP contribution in [-0.2, 0) is 82.9 Å². The van der Waals surface area contributed by atoms with E-state index in [2.05, 4.69) is 70.1 Å². The van der Waals surface area contributed by atoms with E-state index in [1.165, 1.54) is 38.2 Å². The van der Waals surface area contributed by atoms with E-state index in [1.54, 1.807) is 6.92 Å². The number of aliphatic hydroxyl groups excluding tert-OH is 3. The van der Waals surface area contributed by atoms with Crippen molar-refractivity contribution in [1.82, 2.24) is 63.1 Å². The number of nitrogens with one attached hydrogen (secondary N) is 11. The van der Waals surface area contributed by atoms with Crippen molar-refractivity contribution in [1.29, 1.82) is 0 Å². The first kappa shape index (κ1) is 74.6. The highest BCUT2D eigenvalue weighted by atomic mass is 16.5. The average Bonchev–Trinajstić information content (AvgIpc) is 4.15. The maximum atomic E-state index is 13.5. The third kappa shape index (κ3) is 35.5. The Kier molecular flexibility index (Phi) is 40.9. The summed E-state index contributed by atoms with van der Waals surface area (Å²) in [6.07, 6.45) is 9.36. The fourth-order valence-corrected chi connectivity index (χ4v) is 7.33. The molecule has 12 amide bonds. The number of unbranched alkanes of at least 4 members (excludes halogenated alkanes) is 6. The van der Waals surface area contributed by atoms with Crippen LogP contribution >= 0.6 is 0 Å². The maximum absolute atomic E-state index is 13.5. The number of aromatic nitrogens is 2. The Hall–Kier alpha value is -7.43. The molecule has 6 atom stereocenters. The highest BCUT2D eigenvalue weighted by Crippen LogP contribution is 2.09. The van der Waals surface area contributed by atoms with Crippen LogP contribution in [0.1, 0.15) is 96.6 Å². The topological polar surface area (TPSA) is 503 Å². The lowest BCUT2D eigenvalue weighted by molar-refractivity contribution is -0.137. The molecule has 18 N–H and O–H groups in total. The van der Waals surface area contributed by atoms with Gasteiger partial charge in [-0.1, -0.05) is 45.4 Å². The summed E-state index contributed by atoms with van der Waals surface area (Å²) in [5.41, 5.74) is 10.9. The molecule has 0 aliphatic rings. The lowest BCUT2D eigenvalue weighted by atomic mass is 10.1. The number of primary amides is 2. The predicted molar refractivity (Wildman–Crippen MR) is 296 cm³/mol. The van der Waals surface area contributed by atoms with Crippen LogP contribution in [0, 0.1) is 0 Å². The Morgan fingerprint density at radius 2 is 0.905 bits per heavy atom. The smallest absolute Gasteiger partial charge is 0.246 e. The van der Waals surface area contributed by atoms with Crippen LogP contribution < -0.4 is 64.6 Å². The van der Waals surface area contributed by atoms with Crippen molar-refractivity contribution < 1.29 is 91.8 Å². The largest absolute Gasteiger partial charge is 0.394 e. The second-order valence-electron chi connectivity index (χ2n) is 18.8. The first-order valence-electron chi connectivity index (χ1n) is 27.8. The Labute approximate surface area is 486 Å². The zero-order valence-corrected chi connectivity index (χ0v) is 47.9. The number of aromatic amines is 1. The van der Waals surface area contributed by atoms with Crippen molar-refractivity contribution in [3.63, 3.8) is 0 Å². The second-order valence-corrected chi connectivity index (χ2v) is 18.8. The van der Waals surface area contributed by atoms with Gasteiger partial charge in [0.15, 0.2) is 0 Å². The molecule has 0 saturated carbocycles. The number of aliphatic hydroxyl groups is 3. The van der Waals surface area contributed by atoms with Gasteiger partial charge in [0.1, 0.15) is 49.5 Å². The molecule has 33 nitrogen and oxygen atoms in total. The number of H-pyrrole nitrogens is 1. The monoisotopic (exact) mass is 1200 g/mol. The zero-order valence-electron chi connectivity index (χ0n) is 47.9. The van der Waals surface area contributed by atoms with E-state index < -0.39 is 154 Å². The van der Waals surface area contributed by atoms with Gasteiger partial charge in [-0.05, 0) is 26.2 Å². The summed E-state index contributed by atoms with van der Waals surface area (Å²) in [4.78, 5) is 159. The molecule has 1 aromatic rings. The standard InChI is InChI=1S/C51H88N14O19/c1-3-5-6-7-8-9-10-11-42(71)56-16-18-81-20-22-83-30-44(73)57-17-19-82-21-23-84-31-45(74)58-26-43(72)60-37(27-66)49(78)61-35(13-15-41(53)70)48(77)64-39(29-68)51(80)65-38(28-67)50(79)62-34(12-14-40(52)69)47(76)63-36(46(75)55-4-2)24-33-25-54-32-59-33/h25,32,34-39,66-68H,3-24,26-31H2,1-2H3,(H2,52,69)(H2,53,70)(H,54,59)(H,55,75)(H,56,71)(H,57,73)(H,58,74)(H,60,72)(H,61,78)(H,62,79)(H,63,76)(H,64,77)(H,65,80)/t34?,35?,36?,37-,38?,39?/m1/s1. The zero-order chi connectivity index (χ0) is 62.5. The number of hydrogen-bond donors (Lipinski definition) is 16. The molecule has 0 aliphatic heterocycles. The first-order chi connectivity index (χ1) is 40.3. The number of hydrogen-bond acceptors (Lipinski definition) is 20. The van der Waals surface area contributed by atoms with Gasteiger partial charge in [0.25, 0.3) is 0 Å². The van der Waals surface area contributed by atoms with Crippen molar-refractivity contribution in [3.05, 3.63) is 18.2 Å². The van der Waals surface area contributed by atoms with E-state index in [1.807, 2.05) is 0 Å². The molecular formula is C51H88N14O19. The highest BCUT2D eigenvalue weighted by molar-refractivity contribution is 5.98. The van der Waals surface area contributed by atoms with E-state index >= 15 is 0 Å². The molecular weight excluding hydrogens is 1110 g/mol. The van der Waals surface area contributed by atoms with Gasteiger partial charge in [-0.3, -0.25) is 57.5 Å². The van der Waals surface area contributed by atoms with E-state index in [0.717, 1.165) is 19.3 Å². The average molecular weight is 1200 g/mol. The number of imidazole rings is 1. The molecule has 33 heteroatoms. The molecule has 0 saturated heterocycles. The lowest BCUT2D eigenvalue weighted by Gasteiger charge is -2.26. The Balaban J connectivity index is 2.56. The Bertz CT molecular complexity index is 2180. The van der Waals surface area contributed by atoms with Gasteiger partial charge in [0, 0.05) is 51.5 Å². The van der Waals surface area contributed by atoms with Gasteiger partial charge in [-0.2, -0.15) is 0 Å². The summed E-state index contributed by atoms with van der Waals surface area (Å²) >= 11 is 0. The summed E-state index contributed by atoms with van der Waals surface area (Å²) in [6, 6.07) is -9.98. The van der Waals surface area contributed by atoms with E-state index in [-0.39, 0.29) is 71.0 Å². The molecule has 0 fully saturated rings. The summed E-state index contributed by atoms with van der Waals surface area (Å²) < 4.78 is 21.3. The molecule has 0 aliphatic carbocycles. The van der Waals surface area contributed by atoms with Gasteiger partial charge in [0.2, 0.25) is 70.9 Å². The molecule has 0 bridgehead atoms. The van der Waals surface area contributed by atoms with Gasteiger partial charge in [-0.15, -0.1) is 0 Å². The number of carbonyl (C=O) groups excluding carboxylic acids is 12. The van der Waals surface area contributed by atoms with Gasteiger partial charge < -0.3 is 104 Å². The molecule has 0 radical (unpaired) electrons. The van der Waals surface area contributed by atoms with Crippen LogP contribution in [0.4, 0.5) is 0 Å². The van der Waals surface area contributed by atoms with Crippen LogP contribution in [0.5, 0.6) is 0 Å². The number of nitrogens with zero attached hydrogens (tertiary/aromatic N) is 1. The number of nitrogens with two attached hydrogens (primary N) is 2. The number of amides is 12. The van der Waals surface area contributed by atoms with Crippen molar-refractivity contribution in [2.45, 2.75) is 134 Å². The molecule has 84 heavy (non-hydrogen) atoms. The van der Waals surface area contributed by atoms with Crippen molar-refractivity contribution in [2.75, 3.05) is 98.9 Å². The molecule has 476 valence electrons. The van der Waals surface area contributed by atoms with Crippen LogP contribution in [0.25, 0.3) is 0 Å². The minimum atomic E-state index is -1.90. The molecule has 1 aromatic heterocycles. The highest BCUT2D eigenvalue weighted by Gasteiger charge is 2.34. The Morgan fingerprint density at radius 3 is 1.37 bits per heavy atom. The molecule has 5 unspecified atom stereocenters. The van der Waals surface area contributed by atoms with Crippen molar-refractivity contribution >= 4 is 70.9 Å². The second kappa shape index (κ2) is 46.0. The normalized spacial score (nSPS) is 13.1. The van der Waals surface area contributed by atoms with Crippen LogP contribution in [0.3, 0.4) is 0 Å². The maximum Gasteiger partial charge on any atom is 0.246 e. The SMILES string of the molecule is CCCCCCCCCC(=O)NCCOCCOCC(=O)NCCOCCOCC(=O)NCC(=O)N[C@H](CO)C(=O)NC(CCC(N)=O)C(=O)NC(CO)C(=O)NC(CO)C(=O)NC(CCC(N)=O)C(=O)NC(Cc1c[nH]cn1)C(=O)NCC. The van der Waals surface area contributed by atoms with Gasteiger partial charge >= 0.3 is 0 Å². The third-order valence-electron chi connectivity index (χ3n) is 11.8. The van der Waals surface area contributed by atoms with Crippen molar-refractivity contribution in [3.8, 4) is 0 Å². The summed E-state index contributed by atoms with van der Waals surface area (Å²) in [6.45, 7) is 0.751. The molecule has 1 heterocycles. The molecule has 0 spiro atoms. The van der Waals surface area contributed by atoms with E-state index in [9.17, 15) is 72.9 Å². The quantitative estimate of drug-likeness (QED) is 0.0270. The fourth-order valence-electron chi connectivity index (χ4n) is 7.33. The molecule has 1 rings (SSSR count). The number of rotatable bonds is 50. The van der Waals surface area contributed by atoms with Gasteiger partial charge in [0.05, 0.1) is 78.0 Å². The lowest BCUT2D eigenvalue weighted by Crippen LogP contribution is -2.61. The summed E-state index contributed by atoms with van der Waals surface area (Å²) in [5, 5.41) is 53.6. The van der Waals surface area contributed by atoms with Crippen LogP contribution in [0.2, 0.25) is 0 Å². The van der Waals surface area contributed by atoms with Gasteiger partial charge in [-0.25, -0.2) is 4.98 Å². The molecule has 0 aromatic carbocycles. The first-order valence-corrected chi connectivity index (χ1v) is 27.8. The van der Waals surface area contributed by atoms with Crippen LogP contribution in [-0.4, -0.2) is 231 Å². The Morgan fingerprint density at radius 1 is 0.476 bits per heavy atom. The van der Waals surface area contributed by atoms with E-state index in [4.69, 9.17) is 30.4 Å². The predicted octanol–water partition coefficient (Wildman–Crippen LogP) is -6.94. The summed E-state index contributed by atoms with van der Waals surface area (Å²) in [7, 11) is 0. The minimum absolute atomic E-state index is 0.00117. The fraction of sp³-hybridized carbons (Fsp3) is 0.706.